The molecule has 1 atom stereocenters. The summed E-state index contributed by atoms with van der Waals surface area (Å²) in [5.74, 6) is 1.58. The van der Waals surface area contributed by atoms with Crippen LogP contribution in [0.15, 0.2) is 41.8 Å². The Morgan fingerprint density at radius 2 is 2.00 bits per heavy atom. The van der Waals surface area contributed by atoms with Crippen LogP contribution in [0.25, 0.3) is 0 Å². The van der Waals surface area contributed by atoms with Gasteiger partial charge in [-0.3, -0.25) is 0 Å². The molecule has 2 aromatic rings. The Balaban J connectivity index is 1.69. The van der Waals surface area contributed by atoms with Crippen LogP contribution in [0.5, 0.6) is 5.75 Å². The van der Waals surface area contributed by atoms with Crippen molar-refractivity contribution in [3.05, 3.63) is 52.2 Å². The fourth-order valence-electron chi connectivity index (χ4n) is 2.26. The lowest BCUT2D eigenvalue weighted by Crippen LogP contribution is -2.23. The number of para-hydroxylation sites is 1. The summed E-state index contributed by atoms with van der Waals surface area (Å²) < 4.78 is 5.94. The number of benzene rings is 1. The molecule has 2 rings (SSSR count). The number of ether oxygens (including phenoxy) is 1. The van der Waals surface area contributed by atoms with E-state index in [0.717, 1.165) is 38.3 Å². The molecule has 0 saturated carbocycles. The highest BCUT2D eigenvalue weighted by Crippen LogP contribution is 2.28. The van der Waals surface area contributed by atoms with E-state index < -0.39 is 0 Å². The molecule has 1 heterocycles. The van der Waals surface area contributed by atoms with Crippen LogP contribution < -0.4 is 10.1 Å². The SMILES string of the molecule is CCC(C)c1ccccc1OCCNCCc1cccs1. The molecule has 1 aromatic carbocycles. The van der Waals surface area contributed by atoms with Gasteiger partial charge in [0.1, 0.15) is 12.4 Å². The zero-order valence-electron chi connectivity index (χ0n) is 13.0. The lowest BCUT2D eigenvalue weighted by Gasteiger charge is -2.15. The Kier molecular flexibility index (Phi) is 6.77. The fourth-order valence-corrected chi connectivity index (χ4v) is 2.97. The van der Waals surface area contributed by atoms with Crippen LogP contribution in [0.3, 0.4) is 0 Å². The first-order valence-corrected chi connectivity index (χ1v) is 8.64. The van der Waals surface area contributed by atoms with Crippen LogP contribution in [0, 0.1) is 0 Å². The van der Waals surface area contributed by atoms with Gasteiger partial charge in [0.2, 0.25) is 0 Å². The molecule has 0 aliphatic heterocycles. The van der Waals surface area contributed by atoms with Crippen molar-refractivity contribution >= 4 is 11.3 Å². The largest absolute Gasteiger partial charge is 0.492 e. The molecule has 0 amide bonds. The van der Waals surface area contributed by atoms with Gasteiger partial charge < -0.3 is 10.1 Å². The summed E-state index contributed by atoms with van der Waals surface area (Å²) in [7, 11) is 0. The lowest BCUT2D eigenvalue weighted by atomic mass is 9.98. The molecule has 0 aliphatic carbocycles. The monoisotopic (exact) mass is 303 g/mol. The van der Waals surface area contributed by atoms with E-state index in [1.54, 1.807) is 0 Å². The molecule has 0 fully saturated rings. The summed E-state index contributed by atoms with van der Waals surface area (Å²) >= 11 is 1.82. The van der Waals surface area contributed by atoms with Gasteiger partial charge in [-0.15, -0.1) is 11.3 Å². The molecular formula is C18H25NOS. The van der Waals surface area contributed by atoms with Crippen LogP contribution >= 0.6 is 11.3 Å². The molecule has 0 saturated heterocycles. The normalized spacial score (nSPS) is 12.3. The first-order valence-electron chi connectivity index (χ1n) is 7.76. The highest BCUT2D eigenvalue weighted by atomic mass is 32.1. The number of nitrogens with one attached hydrogen (secondary N) is 1. The molecule has 0 radical (unpaired) electrons. The molecule has 0 spiro atoms. The van der Waals surface area contributed by atoms with E-state index in [9.17, 15) is 0 Å². The predicted octanol–water partition coefficient (Wildman–Crippen LogP) is 4.47. The van der Waals surface area contributed by atoms with E-state index in [4.69, 9.17) is 4.74 Å². The Hall–Kier alpha value is -1.32. The highest BCUT2D eigenvalue weighted by molar-refractivity contribution is 7.09. The molecule has 0 aliphatic rings. The number of thiophene rings is 1. The zero-order chi connectivity index (χ0) is 14.9. The lowest BCUT2D eigenvalue weighted by molar-refractivity contribution is 0.309. The van der Waals surface area contributed by atoms with Crippen molar-refractivity contribution in [2.75, 3.05) is 19.7 Å². The summed E-state index contributed by atoms with van der Waals surface area (Å²) in [5.41, 5.74) is 1.32. The van der Waals surface area contributed by atoms with Crippen molar-refractivity contribution in [3.63, 3.8) is 0 Å². The highest BCUT2D eigenvalue weighted by Gasteiger charge is 2.08. The average molecular weight is 303 g/mol. The van der Waals surface area contributed by atoms with Gasteiger partial charge in [0.25, 0.3) is 0 Å². The summed E-state index contributed by atoms with van der Waals surface area (Å²) in [5, 5.41) is 5.57. The quantitative estimate of drug-likeness (QED) is 0.690. The Labute approximate surface area is 132 Å². The Bertz CT molecular complexity index is 510. The third kappa shape index (κ3) is 5.18. The van der Waals surface area contributed by atoms with E-state index in [2.05, 4.69) is 54.9 Å². The van der Waals surface area contributed by atoms with Crippen LogP contribution in [0.4, 0.5) is 0 Å². The molecule has 1 N–H and O–H groups in total. The van der Waals surface area contributed by atoms with Gasteiger partial charge in [-0.1, -0.05) is 38.1 Å². The molecule has 1 unspecified atom stereocenters. The molecule has 0 bridgehead atoms. The minimum Gasteiger partial charge on any atom is -0.492 e. The summed E-state index contributed by atoms with van der Waals surface area (Å²) in [6.45, 7) is 7.09. The van der Waals surface area contributed by atoms with Crippen LogP contribution in [-0.2, 0) is 6.42 Å². The second-order valence-electron chi connectivity index (χ2n) is 5.27. The second kappa shape index (κ2) is 8.85. The fraction of sp³-hybridized carbons (Fsp3) is 0.444. The standard InChI is InChI=1S/C18H25NOS/c1-3-15(2)17-8-4-5-9-18(17)20-13-12-19-11-10-16-7-6-14-21-16/h4-9,14-15,19H,3,10-13H2,1-2H3. The van der Waals surface area contributed by atoms with Gasteiger partial charge in [-0.2, -0.15) is 0 Å². The summed E-state index contributed by atoms with van der Waals surface area (Å²) in [6, 6.07) is 12.7. The van der Waals surface area contributed by atoms with Crippen molar-refractivity contribution in [2.45, 2.75) is 32.6 Å². The van der Waals surface area contributed by atoms with Gasteiger partial charge in [-0.05, 0) is 41.8 Å². The maximum atomic E-state index is 5.94. The number of hydrogen-bond acceptors (Lipinski definition) is 3. The third-order valence-corrected chi connectivity index (χ3v) is 4.66. The summed E-state index contributed by atoms with van der Waals surface area (Å²) in [6.07, 6.45) is 2.24. The van der Waals surface area contributed by atoms with E-state index in [1.807, 2.05) is 17.4 Å². The van der Waals surface area contributed by atoms with Crippen molar-refractivity contribution in [3.8, 4) is 5.75 Å². The summed E-state index contributed by atoms with van der Waals surface area (Å²) in [4.78, 5) is 1.44. The topological polar surface area (TPSA) is 21.3 Å². The minimum atomic E-state index is 0.549. The molecule has 21 heavy (non-hydrogen) atoms. The Morgan fingerprint density at radius 1 is 1.14 bits per heavy atom. The van der Waals surface area contributed by atoms with Gasteiger partial charge >= 0.3 is 0 Å². The van der Waals surface area contributed by atoms with Crippen LogP contribution in [0.2, 0.25) is 0 Å². The predicted molar refractivity (Wildman–Crippen MR) is 91.5 cm³/mol. The van der Waals surface area contributed by atoms with E-state index in [-0.39, 0.29) is 0 Å². The maximum absolute atomic E-state index is 5.94. The van der Waals surface area contributed by atoms with E-state index in [0.29, 0.717) is 5.92 Å². The minimum absolute atomic E-state index is 0.549. The second-order valence-corrected chi connectivity index (χ2v) is 6.31. The first-order chi connectivity index (χ1) is 10.3. The maximum Gasteiger partial charge on any atom is 0.122 e. The molecule has 1 aromatic heterocycles. The molecule has 3 heteroatoms. The van der Waals surface area contributed by atoms with Gasteiger partial charge in [0, 0.05) is 18.0 Å². The van der Waals surface area contributed by atoms with Crippen LogP contribution in [-0.4, -0.2) is 19.7 Å². The zero-order valence-corrected chi connectivity index (χ0v) is 13.8. The number of rotatable bonds is 9. The van der Waals surface area contributed by atoms with E-state index >= 15 is 0 Å². The van der Waals surface area contributed by atoms with Gasteiger partial charge in [-0.25, -0.2) is 0 Å². The Morgan fingerprint density at radius 3 is 2.76 bits per heavy atom. The van der Waals surface area contributed by atoms with E-state index in [1.165, 1.54) is 10.4 Å². The average Bonchev–Trinajstić information content (AvgIpc) is 3.03. The van der Waals surface area contributed by atoms with Gasteiger partial charge in [0.05, 0.1) is 0 Å². The van der Waals surface area contributed by atoms with Crippen molar-refractivity contribution in [2.24, 2.45) is 0 Å². The first kappa shape index (κ1) is 16.1. The molecule has 114 valence electrons. The third-order valence-electron chi connectivity index (χ3n) is 3.73. The van der Waals surface area contributed by atoms with Crippen molar-refractivity contribution in [1.82, 2.24) is 5.32 Å². The van der Waals surface area contributed by atoms with Crippen molar-refractivity contribution < 1.29 is 4.74 Å². The smallest absolute Gasteiger partial charge is 0.122 e. The van der Waals surface area contributed by atoms with Crippen molar-refractivity contribution in [1.29, 1.82) is 0 Å². The van der Waals surface area contributed by atoms with Crippen LogP contribution in [0.1, 0.15) is 36.6 Å². The number of hydrogen-bond donors (Lipinski definition) is 1. The molecular weight excluding hydrogens is 278 g/mol. The molecule has 2 nitrogen and oxygen atoms in total. The van der Waals surface area contributed by atoms with Gasteiger partial charge in [0.15, 0.2) is 0 Å².